The van der Waals surface area contributed by atoms with Crippen LogP contribution in [0.1, 0.15) is 22.3 Å². The topological polar surface area (TPSA) is 46.6 Å². The normalized spacial score (nSPS) is 15.1. The van der Waals surface area contributed by atoms with Gasteiger partial charge in [0.1, 0.15) is 12.4 Å². The number of benzene rings is 3. The third-order valence-electron chi connectivity index (χ3n) is 4.72. The Hall–Kier alpha value is -3.31. The first-order valence-electron chi connectivity index (χ1n) is 9.66. The molecule has 4 rings (SSSR count). The number of amides is 2. The van der Waals surface area contributed by atoms with E-state index in [2.05, 4.69) is 19.1 Å². The summed E-state index contributed by atoms with van der Waals surface area (Å²) in [5.41, 5.74) is 4.10. The fourth-order valence-corrected chi connectivity index (χ4v) is 4.02. The first-order valence-corrected chi connectivity index (χ1v) is 10.5. The molecule has 2 amide bonds. The molecular weight excluding hydrogens is 394 g/mol. The number of rotatable bonds is 6. The van der Waals surface area contributed by atoms with E-state index in [9.17, 15) is 9.59 Å². The van der Waals surface area contributed by atoms with E-state index in [1.165, 1.54) is 10.5 Å². The van der Waals surface area contributed by atoms with E-state index in [-0.39, 0.29) is 17.7 Å². The van der Waals surface area contributed by atoms with Gasteiger partial charge in [-0.15, -0.1) is 0 Å². The number of nitrogens with zero attached hydrogens (tertiary/aromatic N) is 1. The summed E-state index contributed by atoms with van der Waals surface area (Å²) in [6, 6.07) is 25.2. The number of ether oxygens (including phenoxy) is 1. The van der Waals surface area contributed by atoms with Crippen LogP contribution in [-0.2, 0) is 17.9 Å². The largest absolute Gasteiger partial charge is 0.489 e. The van der Waals surface area contributed by atoms with Crippen LogP contribution >= 0.6 is 11.8 Å². The number of carbonyl (C=O) groups is 2. The van der Waals surface area contributed by atoms with Crippen molar-refractivity contribution in [3.63, 3.8) is 0 Å². The zero-order chi connectivity index (χ0) is 20.9. The van der Waals surface area contributed by atoms with Crippen LogP contribution in [0.4, 0.5) is 4.79 Å². The summed E-state index contributed by atoms with van der Waals surface area (Å²) in [6.07, 6.45) is 1.75. The molecule has 150 valence electrons. The van der Waals surface area contributed by atoms with E-state index in [0.717, 1.165) is 34.2 Å². The molecular formula is C25H21NO3S. The van der Waals surface area contributed by atoms with Gasteiger partial charge in [0.15, 0.2) is 0 Å². The molecule has 1 aliphatic heterocycles. The maximum Gasteiger partial charge on any atom is 0.293 e. The summed E-state index contributed by atoms with van der Waals surface area (Å²) < 4.78 is 5.84. The zero-order valence-electron chi connectivity index (χ0n) is 16.6. The van der Waals surface area contributed by atoms with E-state index >= 15 is 0 Å². The van der Waals surface area contributed by atoms with Crippen molar-refractivity contribution in [1.82, 2.24) is 4.90 Å². The van der Waals surface area contributed by atoms with Crippen LogP contribution in [0.15, 0.2) is 83.8 Å². The number of hydrogen-bond donors (Lipinski definition) is 0. The van der Waals surface area contributed by atoms with Crippen LogP contribution in [0.3, 0.4) is 0 Å². The van der Waals surface area contributed by atoms with Gasteiger partial charge >= 0.3 is 0 Å². The monoisotopic (exact) mass is 415 g/mol. The van der Waals surface area contributed by atoms with Crippen LogP contribution in [0.25, 0.3) is 6.08 Å². The highest BCUT2D eigenvalue weighted by atomic mass is 32.2. The van der Waals surface area contributed by atoms with Crippen molar-refractivity contribution in [1.29, 1.82) is 0 Å². The highest BCUT2D eigenvalue weighted by molar-refractivity contribution is 8.18. The second kappa shape index (κ2) is 9.01. The van der Waals surface area contributed by atoms with Crippen molar-refractivity contribution in [2.24, 2.45) is 0 Å². The molecule has 1 heterocycles. The molecule has 0 spiro atoms. The molecule has 1 saturated heterocycles. The molecule has 0 N–H and O–H groups in total. The lowest BCUT2D eigenvalue weighted by Crippen LogP contribution is -2.27. The smallest absolute Gasteiger partial charge is 0.293 e. The Morgan fingerprint density at radius 1 is 0.900 bits per heavy atom. The molecule has 3 aromatic carbocycles. The summed E-state index contributed by atoms with van der Waals surface area (Å²) in [5.74, 6) is 0.500. The lowest BCUT2D eigenvalue weighted by atomic mass is 10.1. The van der Waals surface area contributed by atoms with Gasteiger partial charge in [-0.1, -0.05) is 72.3 Å². The third kappa shape index (κ3) is 4.81. The zero-order valence-corrected chi connectivity index (χ0v) is 17.4. The van der Waals surface area contributed by atoms with Crippen molar-refractivity contribution in [2.45, 2.75) is 20.1 Å². The van der Waals surface area contributed by atoms with Crippen molar-refractivity contribution in [3.05, 3.63) is 106 Å². The molecule has 1 aliphatic rings. The second-order valence-corrected chi connectivity index (χ2v) is 8.09. The van der Waals surface area contributed by atoms with Gasteiger partial charge in [0.2, 0.25) is 0 Å². The van der Waals surface area contributed by atoms with Crippen LogP contribution in [0.2, 0.25) is 0 Å². The maximum atomic E-state index is 12.7. The van der Waals surface area contributed by atoms with Gasteiger partial charge in [-0.3, -0.25) is 14.5 Å². The van der Waals surface area contributed by atoms with Crippen molar-refractivity contribution in [2.75, 3.05) is 0 Å². The molecule has 0 radical (unpaired) electrons. The minimum atomic E-state index is -0.256. The molecule has 30 heavy (non-hydrogen) atoms. The van der Waals surface area contributed by atoms with Gasteiger partial charge in [-0.25, -0.2) is 0 Å². The first kappa shape index (κ1) is 20.0. The number of hydrogen-bond acceptors (Lipinski definition) is 4. The van der Waals surface area contributed by atoms with Crippen LogP contribution in [0.5, 0.6) is 5.75 Å². The van der Waals surface area contributed by atoms with Crippen LogP contribution in [-0.4, -0.2) is 16.0 Å². The fourth-order valence-electron chi connectivity index (χ4n) is 3.18. The predicted octanol–water partition coefficient (Wildman–Crippen LogP) is 5.81. The maximum absolute atomic E-state index is 12.7. The standard InChI is InChI=1S/C25H21NO3S/c1-18-6-5-9-21(14-18)17-29-22-12-10-19(11-13-22)15-23-24(27)26(25(28)30-23)16-20-7-3-2-4-8-20/h2-15H,16-17H2,1H3/b23-15-. The van der Waals surface area contributed by atoms with Gasteiger partial charge in [0, 0.05) is 0 Å². The highest BCUT2D eigenvalue weighted by Gasteiger charge is 2.34. The average molecular weight is 416 g/mol. The Labute approximate surface area is 180 Å². The van der Waals surface area contributed by atoms with E-state index in [4.69, 9.17) is 4.74 Å². The van der Waals surface area contributed by atoms with E-state index in [0.29, 0.717) is 11.5 Å². The summed E-state index contributed by atoms with van der Waals surface area (Å²) in [5, 5.41) is -0.242. The molecule has 3 aromatic rings. The Morgan fingerprint density at radius 2 is 1.63 bits per heavy atom. The van der Waals surface area contributed by atoms with E-state index in [1.54, 1.807) is 6.08 Å². The summed E-state index contributed by atoms with van der Waals surface area (Å²) in [4.78, 5) is 26.7. The van der Waals surface area contributed by atoms with Crippen molar-refractivity contribution >= 4 is 29.0 Å². The Kier molecular flexibility index (Phi) is 6.00. The minimum absolute atomic E-state index is 0.242. The molecule has 0 aromatic heterocycles. The summed E-state index contributed by atoms with van der Waals surface area (Å²) >= 11 is 0.976. The molecule has 0 saturated carbocycles. The van der Waals surface area contributed by atoms with Gasteiger partial charge in [0.25, 0.3) is 11.1 Å². The average Bonchev–Trinajstić information content (AvgIpc) is 3.01. The SMILES string of the molecule is Cc1cccc(COc2ccc(/C=C3\SC(=O)N(Cc4ccccc4)C3=O)cc2)c1. The van der Waals surface area contributed by atoms with Gasteiger partial charge in [-0.2, -0.15) is 0 Å². The molecule has 1 fully saturated rings. The lowest BCUT2D eigenvalue weighted by molar-refractivity contribution is -0.123. The molecule has 0 bridgehead atoms. The first-order chi connectivity index (χ1) is 14.6. The predicted molar refractivity (Wildman–Crippen MR) is 120 cm³/mol. The van der Waals surface area contributed by atoms with Crippen LogP contribution < -0.4 is 4.74 Å². The van der Waals surface area contributed by atoms with Gasteiger partial charge in [-0.05, 0) is 53.6 Å². The van der Waals surface area contributed by atoms with Gasteiger partial charge in [0.05, 0.1) is 11.4 Å². The Balaban J connectivity index is 1.40. The second-order valence-electron chi connectivity index (χ2n) is 7.10. The summed E-state index contributed by atoms with van der Waals surface area (Å²) in [7, 11) is 0. The molecule has 0 unspecified atom stereocenters. The minimum Gasteiger partial charge on any atom is -0.489 e. The highest BCUT2D eigenvalue weighted by Crippen LogP contribution is 2.33. The fraction of sp³-hybridized carbons (Fsp3) is 0.120. The van der Waals surface area contributed by atoms with E-state index in [1.807, 2.05) is 66.7 Å². The van der Waals surface area contributed by atoms with Crippen molar-refractivity contribution in [3.8, 4) is 5.75 Å². The third-order valence-corrected chi connectivity index (χ3v) is 5.63. The van der Waals surface area contributed by atoms with Crippen LogP contribution in [0, 0.1) is 6.92 Å². The Bertz CT molecular complexity index is 1090. The number of imide groups is 1. The number of aryl methyl sites for hydroxylation is 1. The molecule has 5 heteroatoms. The molecule has 4 nitrogen and oxygen atoms in total. The van der Waals surface area contributed by atoms with Crippen molar-refractivity contribution < 1.29 is 14.3 Å². The summed E-state index contributed by atoms with van der Waals surface area (Å²) in [6.45, 7) is 2.84. The lowest BCUT2D eigenvalue weighted by Gasteiger charge is -2.12. The quantitative estimate of drug-likeness (QED) is 0.477. The molecule has 0 atom stereocenters. The van der Waals surface area contributed by atoms with E-state index < -0.39 is 0 Å². The van der Waals surface area contributed by atoms with Gasteiger partial charge < -0.3 is 4.74 Å². The molecule has 0 aliphatic carbocycles. The number of carbonyl (C=O) groups excluding carboxylic acids is 2. The Morgan fingerprint density at radius 3 is 2.37 bits per heavy atom. The number of thioether (sulfide) groups is 1.